The van der Waals surface area contributed by atoms with Crippen LogP contribution in [0.3, 0.4) is 0 Å². The van der Waals surface area contributed by atoms with Crippen molar-refractivity contribution < 1.29 is 10.6 Å². The standard InChI is InChI=1S/C5H11NO/c7-5-1-3-6-4-2-5/h5-7H,1-4H2/i3D2,4D2. The summed E-state index contributed by atoms with van der Waals surface area (Å²) in [5, 5.41) is 11.2. The predicted octanol–water partition coefficient (Wildman–Crippen LogP) is -0.269. The fourth-order valence-electron chi connectivity index (χ4n) is 0.472. The summed E-state index contributed by atoms with van der Waals surface area (Å²) in [5.74, 6) is 0. The zero-order valence-corrected chi connectivity index (χ0v) is 3.94. The molecule has 1 heterocycles. The van der Waals surface area contributed by atoms with Gasteiger partial charge in [-0.25, -0.2) is 0 Å². The van der Waals surface area contributed by atoms with Gasteiger partial charge in [0.05, 0.1) is 6.10 Å². The topological polar surface area (TPSA) is 32.3 Å². The molecule has 0 aliphatic carbocycles. The Morgan fingerprint density at radius 1 is 1.57 bits per heavy atom. The third kappa shape index (κ3) is 1.45. The van der Waals surface area contributed by atoms with E-state index in [0.29, 0.717) is 0 Å². The zero-order valence-electron chi connectivity index (χ0n) is 7.94. The van der Waals surface area contributed by atoms with Crippen LogP contribution in [0.25, 0.3) is 0 Å². The molecular weight excluding hydrogens is 90.1 g/mol. The van der Waals surface area contributed by atoms with E-state index in [9.17, 15) is 0 Å². The molecule has 0 atom stereocenters. The molecule has 0 amide bonds. The molecule has 1 aliphatic heterocycles. The Bertz CT molecular complexity index is 145. The number of nitrogens with one attached hydrogen (secondary N) is 1. The Morgan fingerprint density at radius 3 is 2.57 bits per heavy atom. The molecule has 0 aromatic rings. The number of rotatable bonds is 0. The molecule has 0 unspecified atom stereocenters. The lowest BCUT2D eigenvalue weighted by molar-refractivity contribution is 0.137. The minimum absolute atomic E-state index is 0.0491. The van der Waals surface area contributed by atoms with Crippen molar-refractivity contribution >= 4 is 0 Å². The van der Waals surface area contributed by atoms with E-state index in [-0.39, 0.29) is 12.8 Å². The molecule has 2 nitrogen and oxygen atoms in total. The van der Waals surface area contributed by atoms with Crippen LogP contribution in [0.4, 0.5) is 0 Å². The van der Waals surface area contributed by atoms with Crippen molar-refractivity contribution in [2.24, 2.45) is 0 Å². The van der Waals surface area contributed by atoms with Gasteiger partial charge in [0.2, 0.25) is 0 Å². The van der Waals surface area contributed by atoms with Crippen LogP contribution < -0.4 is 5.32 Å². The Balaban J connectivity index is 2.66. The average molecular weight is 105 g/mol. The molecule has 1 fully saturated rings. The molecule has 0 bridgehead atoms. The average Bonchev–Trinajstić information content (AvgIpc) is 1.49. The lowest BCUT2D eigenvalue weighted by atomic mass is 10.1. The third-order valence-corrected chi connectivity index (χ3v) is 0.852. The highest BCUT2D eigenvalue weighted by molar-refractivity contribution is 4.65. The Morgan fingerprint density at radius 2 is 2.14 bits per heavy atom. The van der Waals surface area contributed by atoms with Crippen molar-refractivity contribution in [3.8, 4) is 0 Å². The van der Waals surface area contributed by atoms with E-state index in [0.717, 1.165) is 0 Å². The van der Waals surface area contributed by atoms with Crippen LogP contribution in [-0.2, 0) is 0 Å². The van der Waals surface area contributed by atoms with Gasteiger partial charge in [0.25, 0.3) is 0 Å². The van der Waals surface area contributed by atoms with Crippen LogP contribution in [0.2, 0.25) is 0 Å². The van der Waals surface area contributed by atoms with Crippen LogP contribution in [0, 0.1) is 0 Å². The van der Waals surface area contributed by atoms with Crippen molar-refractivity contribution in [2.75, 3.05) is 13.0 Å². The predicted molar refractivity (Wildman–Crippen MR) is 28.1 cm³/mol. The van der Waals surface area contributed by atoms with Crippen LogP contribution in [-0.4, -0.2) is 24.2 Å². The van der Waals surface area contributed by atoms with Gasteiger partial charge in [0, 0.05) is 5.48 Å². The highest BCUT2D eigenvalue weighted by Crippen LogP contribution is 1.99. The fourth-order valence-corrected chi connectivity index (χ4v) is 0.472. The first kappa shape index (κ1) is 2.03. The summed E-state index contributed by atoms with van der Waals surface area (Å²) in [6, 6.07) is 0. The highest BCUT2D eigenvalue weighted by atomic mass is 16.3. The summed E-state index contributed by atoms with van der Waals surface area (Å²) in [6.07, 6.45) is -0.986. The van der Waals surface area contributed by atoms with Gasteiger partial charge in [0.15, 0.2) is 0 Å². The number of hydrogen-bond donors (Lipinski definition) is 2. The normalized spacial score (nSPS) is 48.1. The molecule has 0 saturated carbocycles. The molecule has 1 rings (SSSR count). The maximum absolute atomic E-state index is 9.06. The Hall–Kier alpha value is -0.0800. The lowest BCUT2D eigenvalue weighted by Gasteiger charge is -2.16. The van der Waals surface area contributed by atoms with Crippen LogP contribution in [0.1, 0.15) is 18.3 Å². The third-order valence-electron chi connectivity index (χ3n) is 0.852. The first-order valence-corrected chi connectivity index (χ1v) is 2.28. The first-order chi connectivity index (χ1) is 4.81. The molecule has 0 spiro atoms. The van der Waals surface area contributed by atoms with Gasteiger partial charge in [-0.3, -0.25) is 0 Å². The largest absolute Gasteiger partial charge is 0.393 e. The number of aliphatic hydroxyl groups is 1. The van der Waals surface area contributed by atoms with E-state index >= 15 is 0 Å². The highest BCUT2D eigenvalue weighted by Gasteiger charge is 2.06. The van der Waals surface area contributed by atoms with Gasteiger partial charge < -0.3 is 10.4 Å². The Kier molecular flexibility index (Phi) is 0.664. The van der Waals surface area contributed by atoms with Gasteiger partial charge in [-0.05, 0) is 25.8 Å². The quantitative estimate of drug-likeness (QED) is 0.444. The van der Waals surface area contributed by atoms with Crippen molar-refractivity contribution in [2.45, 2.75) is 18.9 Å². The number of piperidine rings is 1. The molecular formula is C5H11NO. The summed E-state index contributed by atoms with van der Waals surface area (Å²) < 4.78 is 28.7. The molecule has 2 heteroatoms. The maximum atomic E-state index is 9.06. The second kappa shape index (κ2) is 2.28. The minimum Gasteiger partial charge on any atom is -0.393 e. The van der Waals surface area contributed by atoms with Crippen LogP contribution in [0.5, 0.6) is 0 Å². The minimum atomic E-state index is -1.79. The summed E-state index contributed by atoms with van der Waals surface area (Å²) in [7, 11) is 0. The van der Waals surface area contributed by atoms with Crippen molar-refractivity contribution in [3.05, 3.63) is 0 Å². The van der Waals surface area contributed by atoms with Gasteiger partial charge in [0.1, 0.15) is 0 Å². The summed E-state index contributed by atoms with van der Waals surface area (Å²) in [4.78, 5) is 0. The fraction of sp³-hybridized carbons (Fsp3) is 1.00. The lowest BCUT2D eigenvalue weighted by Crippen LogP contribution is -2.30. The molecule has 1 saturated heterocycles. The van der Waals surface area contributed by atoms with Gasteiger partial charge >= 0.3 is 0 Å². The molecule has 0 aromatic heterocycles. The smallest absolute Gasteiger partial charge is 0.0564 e. The second-order valence-corrected chi connectivity index (χ2v) is 1.54. The first-order valence-electron chi connectivity index (χ1n) is 4.28. The van der Waals surface area contributed by atoms with Crippen LogP contribution >= 0.6 is 0 Å². The number of aliphatic hydroxyl groups excluding tert-OH is 1. The van der Waals surface area contributed by atoms with E-state index in [1.54, 1.807) is 0 Å². The van der Waals surface area contributed by atoms with E-state index in [4.69, 9.17) is 10.6 Å². The van der Waals surface area contributed by atoms with E-state index in [1.807, 2.05) is 0 Å². The van der Waals surface area contributed by atoms with Gasteiger partial charge in [-0.15, -0.1) is 0 Å². The van der Waals surface area contributed by atoms with E-state index in [1.165, 1.54) is 0 Å². The molecule has 1 aliphatic rings. The van der Waals surface area contributed by atoms with Crippen molar-refractivity contribution in [1.29, 1.82) is 0 Å². The SMILES string of the molecule is [2H]C1([2H])CC(O)CC([2H])([2H])N1. The Labute approximate surface area is 49.2 Å². The zero-order chi connectivity index (χ0) is 8.70. The monoisotopic (exact) mass is 105 g/mol. The van der Waals surface area contributed by atoms with Crippen molar-refractivity contribution in [1.82, 2.24) is 5.32 Å². The summed E-state index contributed by atoms with van der Waals surface area (Å²) in [5.41, 5.74) is 0. The summed E-state index contributed by atoms with van der Waals surface area (Å²) >= 11 is 0. The molecule has 7 heavy (non-hydrogen) atoms. The van der Waals surface area contributed by atoms with Gasteiger partial charge in [-0.1, -0.05) is 0 Å². The maximum Gasteiger partial charge on any atom is 0.0564 e. The summed E-state index contributed by atoms with van der Waals surface area (Å²) in [6.45, 7) is -3.58. The molecule has 42 valence electrons. The second-order valence-electron chi connectivity index (χ2n) is 1.54. The van der Waals surface area contributed by atoms with Gasteiger partial charge in [-0.2, -0.15) is 0 Å². The van der Waals surface area contributed by atoms with Crippen LogP contribution in [0.15, 0.2) is 0 Å². The van der Waals surface area contributed by atoms with E-state index in [2.05, 4.69) is 5.32 Å². The van der Waals surface area contributed by atoms with Crippen molar-refractivity contribution in [3.63, 3.8) is 0 Å². The molecule has 2 N–H and O–H groups in total. The molecule has 0 aromatic carbocycles. The van der Waals surface area contributed by atoms with E-state index < -0.39 is 19.1 Å². The molecule has 0 radical (unpaired) electrons. The number of hydrogen-bond acceptors (Lipinski definition) is 2.